The van der Waals surface area contributed by atoms with Gasteiger partial charge in [0.1, 0.15) is 11.4 Å². The third kappa shape index (κ3) is 5.63. The minimum absolute atomic E-state index is 0.128. The number of rotatable bonds is 0. The van der Waals surface area contributed by atoms with Crippen LogP contribution in [0.25, 0.3) is 0 Å². The van der Waals surface area contributed by atoms with Crippen LogP contribution in [0.15, 0.2) is 51.7 Å². The summed E-state index contributed by atoms with van der Waals surface area (Å²) in [6, 6.07) is 8.97. The van der Waals surface area contributed by atoms with Crippen molar-refractivity contribution in [2.24, 2.45) is 0 Å². The third-order valence-corrected chi connectivity index (χ3v) is 8.64. The zero-order chi connectivity index (χ0) is 28.0. The second kappa shape index (κ2) is 11.5. The van der Waals surface area contributed by atoms with Gasteiger partial charge in [-0.1, -0.05) is 46.4 Å². The van der Waals surface area contributed by atoms with Crippen molar-refractivity contribution in [2.45, 2.75) is 25.7 Å². The first-order valence-electron chi connectivity index (χ1n) is 11.7. The number of hydrogen-bond donors (Lipinski definition) is 1. The molecule has 5 nitrogen and oxygen atoms in total. The van der Waals surface area contributed by atoms with Crippen molar-refractivity contribution in [1.29, 1.82) is 0 Å². The lowest BCUT2D eigenvalue weighted by Gasteiger charge is -2.11. The quantitative estimate of drug-likeness (QED) is 0.184. The zero-order valence-electron chi connectivity index (χ0n) is 19.9. The minimum atomic E-state index is -0.201. The Morgan fingerprint density at radius 1 is 0.641 bits per heavy atom. The summed E-state index contributed by atoms with van der Waals surface area (Å²) in [5.41, 5.74) is 11.4. The van der Waals surface area contributed by atoms with Crippen molar-refractivity contribution in [1.82, 2.24) is 9.97 Å². The Labute approximate surface area is 261 Å². The smallest absolute Gasteiger partial charge is 0.213 e. The number of aromatic nitrogens is 2. The number of carbonyl (C=O) groups is 2. The van der Waals surface area contributed by atoms with E-state index in [0.29, 0.717) is 50.4 Å². The lowest BCUT2D eigenvalue weighted by Crippen LogP contribution is -2.09. The van der Waals surface area contributed by atoms with Gasteiger partial charge in [0.05, 0.1) is 20.8 Å². The fourth-order valence-corrected chi connectivity index (χ4v) is 6.69. The number of benzene rings is 2. The predicted octanol–water partition coefficient (Wildman–Crippen LogP) is 8.54. The second-order valence-corrected chi connectivity index (χ2v) is 12.5. The van der Waals surface area contributed by atoms with Crippen molar-refractivity contribution < 1.29 is 9.59 Å². The zero-order valence-corrected chi connectivity index (χ0v) is 26.1. The number of halogens is 6. The molecule has 0 atom stereocenters. The normalized spacial score (nSPS) is 13.7. The molecule has 198 valence electrons. The Kier molecular flexibility index (Phi) is 8.39. The van der Waals surface area contributed by atoms with Gasteiger partial charge in [-0.05, 0) is 110 Å². The first-order valence-corrected chi connectivity index (χ1v) is 14.8. The van der Waals surface area contributed by atoms with Crippen molar-refractivity contribution in [3.05, 3.63) is 117 Å². The van der Waals surface area contributed by atoms with E-state index in [2.05, 4.69) is 41.8 Å². The van der Waals surface area contributed by atoms with Crippen LogP contribution in [0.2, 0.25) is 20.1 Å². The van der Waals surface area contributed by atoms with Gasteiger partial charge in [-0.3, -0.25) is 19.6 Å². The molecule has 0 spiro atoms. The molecule has 2 aliphatic carbocycles. The van der Waals surface area contributed by atoms with Gasteiger partial charge < -0.3 is 5.73 Å². The van der Waals surface area contributed by atoms with Crippen molar-refractivity contribution in [3.8, 4) is 0 Å². The highest BCUT2D eigenvalue weighted by molar-refractivity contribution is 9.10. The van der Waals surface area contributed by atoms with Gasteiger partial charge in [0, 0.05) is 37.5 Å². The number of anilines is 1. The average molecular weight is 729 g/mol. The monoisotopic (exact) mass is 725 g/mol. The molecule has 2 heterocycles. The number of ketones is 2. The van der Waals surface area contributed by atoms with E-state index in [4.69, 9.17) is 52.1 Å². The predicted molar refractivity (Wildman–Crippen MR) is 163 cm³/mol. The summed E-state index contributed by atoms with van der Waals surface area (Å²) in [6.45, 7) is 0. The highest BCUT2D eigenvalue weighted by Gasteiger charge is 2.28. The van der Waals surface area contributed by atoms with Crippen LogP contribution in [0.5, 0.6) is 0 Å². The molecule has 0 amide bonds. The molecule has 2 aromatic heterocycles. The van der Waals surface area contributed by atoms with E-state index < -0.39 is 0 Å². The summed E-state index contributed by atoms with van der Waals surface area (Å²) in [5, 5.41) is 1.54. The second-order valence-electron chi connectivity index (χ2n) is 9.02. The van der Waals surface area contributed by atoms with Crippen LogP contribution >= 0.6 is 78.3 Å². The number of hydrogen-bond acceptors (Lipinski definition) is 5. The molecule has 0 bridgehead atoms. The summed E-state index contributed by atoms with van der Waals surface area (Å²) >= 11 is 31.2. The molecular weight excluding hydrogens is 712 g/mol. The summed E-state index contributed by atoms with van der Waals surface area (Å²) in [4.78, 5) is 33.7. The average Bonchev–Trinajstić information content (AvgIpc) is 3.10. The first-order chi connectivity index (χ1) is 18.5. The van der Waals surface area contributed by atoms with Crippen LogP contribution in [0.4, 0.5) is 5.69 Å². The molecule has 0 radical (unpaired) electrons. The van der Waals surface area contributed by atoms with E-state index in [-0.39, 0.29) is 22.3 Å². The van der Waals surface area contributed by atoms with Crippen molar-refractivity contribution >= 4 is 95.5 Å². The van der Waals surface area contributed by atoms with Crippen LogP contribution in [-0.2, 0) is 25.7 Å². The minimum Gasteiger partial charge on any atom is -0.396 e. The number of fused-ring (bicyclic) bond motifs is 4. The number of pyridine rings is 2. The highest BCUT2D eigenvalue weighted by atomic mass is 79.9. The summed E-state index contributed by atoms with van der Waals surface area (Å²) in [6.07, 6.45) is 6.09. The molecular formula is C28H17Br2Cl4N3O2. The Bertz CT molecular complexity index is 1690. The van der Waals surface area contributed by atoms with E-state index in [1.807, 2.05) is 18.2 Å². The molecule has 39 heavy (non-hydrogen) atoms. The lowest BCUT2D eigenvalue weighted by molar-refractivity contribution is 0.102. The summed E-state index contributed by atoms with van der Waals surface area (Å²) in [7, 11) is 0. The molecule has 0 aliphatic heterocycles. The fourth-order valence-electron chi connectivity index (χ4n) is 4.73. The van der Waals surface area contributed by atoms with Gasteiger partial charge in [-0.25, -0.2) is 0 Å². The maximum atomic E-state index is 12.7. The van der Waals surface area contributed by atoms with E-state index in [1.54, 1.807) is 24.5 Å². The Morgan fingerprint density at radius 2 is 1.13 bits per heavy atom. The van der Waals surface area contributed by atoms with Crippen molar-refractivity contribution in [2.75, 3.05) is 5.73 Å². The van der Waals surface area contributed by atoms with Gasteiger partial charge in [0.2, 0.25) is 11.6 Å². The highest BCUT2D eigenvalue weighted by Crippen LogP contribution is 2.37. The van der Waals surface area contributed by atoms with Crippen molar-refractivity contribution in [3.63, 3.8) is 0 Å². The molecule has 4 aromatic rings. The molecule has 11 heteroatoms. The Hall–Kier alpha value is -2.00. The molecule has 2 aromatic carbocycles. The lowest BCUT2D eigenvalue weighted by atomic mass is 10.0. The number of nitrogen functional groups attached to an aromatic ring is 1. The number of nitrogens with zero attached hydrogens (tertiary/aromatic N) is 2. The van der Waals surface area contributed by atoms with Crippen LogP contribution in [0, 0.1) is 0 Å². The topological polar surface area (TPSA) is 85.9 Å². The van der Waals surface area contributed by atoms with Gasteiger partial charge in [-0.15, -0.1) is 0 Å². The van der Waals surface area contributed by atoms with Gasteiger partial charge >= 0.3 is 0 Å². The molecule has 2 aliphatic rings. The molecule has 0 unspecified atom stereocenters. The molecule has 0 saturated heterocycles. The Morgan fingerprint density at radius 3 is 1.69 bits per heavy atom. The largest absolute Gasteiger partial charge is 0.396 e. The first kappa shape index (κ1) is 28.5. The van der Waals surface area contributed by atoms with Gasteiger partial charge in [0.15, 0.2) is 0 Å². The SMILES string of the molecule is Nc1c(Cl)cc2c(c1Cl)C(=O)c1ncc(Br)cc1CC2.O=C1c2ncc(Br)cc2CCc2cc(Cl)cc(Cl)c21. The molecule has 2 N–H and O–H groups in total. The van der Waals surface area contributed by atoms with Crippen LogP contribution in [-0.4, -0.2) is 21.5 Å². The molecule has 6 rings (SSSR count). The third-order valence-electron chi connectivity index (χ3n) is 6.55. The molecule has 0 saturated carbocycles. The standard InChI is InChI=1S/C14H9BrCl2N2O.C14H8BrCl2NO/c15-8-3-7-2-1-6-4-9(16)12(18)11(17)10(6)14(20)13(7)19-5-8;15-9-3-8-2-1-7-4-10(16)5-11(17)12(7)14(19)13(8)18-6-9/h3-5H,1-2,18H2;3-6H,1-2H2. The van der Waals surface area contributed by atoms with Crippen LogP contribution in [0.1, 0.15) is 54.4 Å². The maximum Gasteiger partial charge on any atom is 0.213 e. The Balaban J connectivity index is 0.000000158. The van der Waals surface area contributed by atoms with E-state index in [0.717, 1.165) is 44.0 Å². The van der Waals surface area contributed by atoms with Crippen LogP contribution < -0.4 is 5.73 Å². The van der Waals surface area contributed by atoms with Crippen LogP contribution in [0.3, 0.4) is 0 Å². The fraction of sp³-hybridized carbons (Fsp3) is 0.143. The van der Waals surface area contributed by atoms with E-state index in [1.165, 1.54) is 0 Å². The summed E-state index contributed by atoms with van der Waals surface area (Å²) in [5.74, 6) is -0.329. The maximum absolute atomic E-state index is 12.7. The number of aryl methyl sites for hydroxylation is 4. The van der Waals surface area contributed by atoms with Gasteiger partial charge in [-0.2, -0.15) is 0 Å². The van der Waals surface area contributed by atoms with E-state index >= 15 is 0 Å². The number of nitrogens with two attached hydrogens (primary N) is 1. The van der Waals surface area contributed by atoms with E-state index in [9.17, 15) is 9.59 Å². The molecule has 0 fully saturated rings. The number of carbonyl (C=O) groups excluding carboxylic acids is 2. The van der Waals surface area contributed by atoms with Gasteiger partial charge in [0.25, 0.3) is 0 Å². The summed E-state index contributed by atoms with van der Waals surface area (Å²) < 4.78 is 1.72.